The Morgan fingerprint density at radius 3 is 2.36 bits per heavy atom. The van der Waals surface area contributed by atoms with Crippen LogP contribution in [0.15, 0.2) is 60.0 Å². The molecule has 1 aliphatic rings. The third kappa shape index (κ3) is 5.52. The van der Waals surface area contributed by atoms with Crippen molar-refractivity contribution in [3.05, 3.63) is 92.1 Å². The second-order valence-corrected chi connectivity index (χ2v) is 12.0. The summed E-state index contributed by atoms with van der Waals surface area (Å²) < 4.78 is 0. The van der Waals surface area contributed by atoms with Crippen LogP contribution in [0.5, 0.6) is 0 Å². The Kier molecular flexibility index (Phi) is 7.91. The molecule has 0 saturated carbocycles. The van der Waals surface area contributed by atoms with Gasteiger partial charge in [-0.25, -0.2) is 0 Å². The van der Waals surface area contributed by atoms with Gasteiger partial charge in [-0.05, 0) is 77.6 Å². The number of carbonyl (C=O) groups excluding carboxylic acids is 2. The number of benzene rings is 2. The summed E-state index contributed by atoms with van der Waals surface area (Å²) in [5.74, 6) is -0.138. The molecule has 4 rings (SSSR count). The number of fused-ring (bicyclic) bond motifs is 1. The summed E-state index contributed by atoms with van der Waals surface area (Å²) in [5.41, 5.74) is 4.01. The maximum atomic E-state index is 13.8. The van der Waals surface area contributed by atoms with Crippen LogP contribution in [0.1, 0.15) is 79.0 Å². The minimum atomic E-state index is -0.176. The van der Waals surface area contributed by atoms with Crippen molar-refractivity contribution in [3.8, 4) is 0 Å². The highest BCUT2D eigenvalue weighted by Gasteiger charge is 2.35. The molecular formula is C30H35ClN2O2S. The zero-order valence-electron chi connectivity index (χ0n) is 21.8. The summed E-state index contributed by atoms with van der Waals surface area (Å²) in [6, 6.07) is 17.4. The summed E-state index contributed by atoms with van der Waals surface area (Å²) in [5, 5.41) is 2.77. The summed E-state index contributed by atoms with van der Waals surface area (Å²) >= 11 is 7.89. The van der Waals surface area contributed by atoms with Gasteiger partial charge >= 0.3 is 0 Å². The van der Waals surface area contributed by atoms with Gasteiger partial charge in [0, 0.05) is 28.0 Å². The molecule has 190 valence electrons. The number of nitrogens with zero attached hydrogens (tertiary/aromatic N) is 2. The minimum Gasteiger partial charge on any atom is -0.330 e. The van der Waals surface area contributed by atoms with E-state index in [1.54, 1.807) is 16.2 Å². The van der Waals surface area contributed by atoms with Crippen LogP contribution >= 0.6 is 22.9 Å². The van der Waals surface area contributed by atoms with E-state index in [9.17, 15) is 9.59 Å². The number of carbonyl (C=O) groups is 2. The second kappa shape index (κ2) is 10.8. The first-order chi connectivity index (χ1) is 17.1. The average Bonchev–Trinajstić information content (AvgIpc) is 3.35. The highest BCUT2D eigenvalue weighted by molar-refractivity contribution is 7.10. The monoisotopic (exact) mass is 522 g/mol. The maximum absolute atomic E-state index is 13.8. The van der Waals surface area contributed by atoms with E-state index in [0.717, 1.165) is 18.4 Å². The number of halogens is 1. The van der Waals surface area contributed by atoms with E-state index in [1.165, 1.54) is 16.0 Å². The summed E-state index contributed by atoms with van der Waals surface area (Å²) in [6.45, 7) is 11.2. The lowest BCUT2D eigenvalue weighted by atomic mass is 9.86. The molecular weight excluding hydrogens is 488 g/mol. The van der Waals surface area contributed by atoms with Crippen molar-refractivity contribution in [3.63, 3.8) is 0 Å². The largest absolute Gasteiger partial charge is 0.330 e. The normalized spacial score (nSPS) is 16.4. The molecule has 0 unspecified atom stereocenters. The van der Waals surface area contributed by atoms with Gasteiger partial charge in [0.15, 0.2) is 0 Å². The third-order valence-corrected chi connectivity index (χ3v) is 8.41. The van der Waals surface area contributed by atoms with Gasteiger partial charge in [-0.15, -0.1) is 11.3 Å². The van der Waals surface area contributed by atoms with E-state index >= 15 is 0 Å². The lowest BCUT2D eigenvalue weighted by Gasteiger charge is -2.38. The zero-order valence-corrected chi connectivity index (χ0v) is 23.3. The van der Waals surface area contributed by atoms with E-state index in [4.69, 9.17) is 11.6 Å². The number of amides is 2. The van der Waals surface area contributed by atoms with Crippen LogP contribution in [0.4, 0.5) is 0 Å². The van der Waals surface area contributed by atoms with Crippen LogP contribution in [0.3, 0.4) is 0 Å². The molecule has 2 amide bonds. The van der Waals surface area contributed by atoms with Gasteiger partial charge in [-0.1, -0.05) is 63.6 Å². The van der Waals surface area contributed by atoms with Crippen molar-refractivity contribution in [1.82, 2.24) is 9.80 Å². The fraction of sp³-hybridized carbons (Fsp3) is 0.400. The molecule has 2 atom stereocenters. The van der Waals surface area contributed by atoms with Crippen molar-refractivity contribution in [1.29, 1.82) is 0 Å². The third-order valence-electron chi connectivity index (χ3n) is 7.16. The van der Waals surface area contributed by atoms with Gasteiger partial charge in [-0.3, -0.25) is 9.59 Å². The molecule has 0 bridgehead atoms. The Labute approximate surface area is 223 Å². The minimum absolute atomic E-state index is 0.0133. The molecule has 3 aromatic rings. The Morgan fingerprint density at radius 1 is 1.08 bits per heavy atom. The molecule has 0 N–H and O–H groups in total. The molecule has 6 heteroatoms. The fourth-order valence-electron chi connectivity index (χ4n) is 4.75. The molecule has 0 saturated heterocycles. The quantitative estimate of drug-likeness (QED) is 0.346. The Hall–Kier alpha value is -2.63. The van der Waals surface area contributed by atoms with Crippen LogP contribution in [-0.2, 0) is 16.6 Å². The zero-order chi connectivity index (χ0) is 26.0. The van der Waals surface area contributed by atoms with Crippen molar-refractivity contribution < 1.29 is 9.59 Å². The van der Waals surface area contributed by atoms with Gasteiger partial charge in [0.05, 0.1) is 6.04 Å². The molecule has 0 spiro atoms. The predicted octanol–water partition coefficient (Wildman–Crippen LogP) is 7.11. The van der Waals surface area contributed by atoms with E-state index in [0.29, 0.717) is 17.1 Å². The number of rotatable bonds is 6. The van der Waals surface area contributed by atoms with Gasteiger partial charge < -0.3 is 9.80 Å². The van der Waals surface area contributed by atoms with E-state index in [2.05, 4.69) is 32.2 Å². The second-order valence-electron chi connectivity index (χ2n) is 10.6. The van der Waals surface area contributed by atoms with Crippen molar-refractivity contribution in [2.75, 3.05) is 13.1 Å². The molecule has 2 aromatic carbocycles. The molecule has 1 aliphatic heterocycles. The molecule has 2 heterocycles. The Balaban J connectivity index is 1.61. The molecule has 0 aliphatic carbocycles. The molecule has 36 heavy (non-hydrogen) atoms. The summed E-state index contributed by atoms with van der Waals surface area (Å²) in [4.78, 5) is 32.4. The smallest absolute Gasteiger partial charge is 0.254 e. The van der Waals surface area contributed by atoms with Gasteiger partial charge in [0.1, 0.15) is 6.54 Å². The molecule has 1 aromatic heterocycles. The van der Waals surface area contributed by atoms with Crippen LogP contribution in [0.2, 0.25) is 5.02 Å². The van der Waals surface area contributed by atoms with Crippen LogP contribution in [0.25, 0.3) is 0 Å². The first kappa shape index (κ1) is 26.4. The maximum Gasteiger partial charge on any atom is 0.254 e. The Bertz CT molecular complexity index is 1210. The van der Waals surface area contributed by atoms with E-state index < -0.39 is 0 Å². The predicted molar refractivity (Wildman–Crippen MR) is 149 cm³/mol. The van der Waals surface area contributed by atoms with Crippen molar-refractivity contribution in [2.45, 2.75) is 65.0 Å². The molecule has 0 fully saturated rings. The molecule has 4 nitrogen and oxygen atoms in total. The summed E-state index contributed by atoms with van der Waals surface area (Å²) in [7, 11) is 0. The molecule has 0 radical (unpaired) electrons. The standard InChI is InChI=1S/C30H35ClN2O2S/c1-6-20(2)33(29(35)22-7-11-23(12-8-22)30(3,4)5)19-27(34)32-17-15-26-25(16-18-36-26)28(32)21-9-13-24(31)14-10-21/h7-14,16,18,20,28H,6,15,17,19H2,1-5H3/t20-,28+/m0/s1. The first-order valence-electron chi connectivity index (χ1n) is 12.6. The van der Waals surface area contributed by atoms with E-state index in [1.807, 2.05) is 67.3 Å². The van der Waals surface area contributed by atoms with Gasteiger partial charge in [0.2, 0.25) is 5.91 Å². The van der Waals surface area contributed by atoms with Gasteiger partial charge in [0.25, 0.3) is 5.91 Å². The topological polar surface area (TPSA) is 40.6 Å². The number of thiophene rings is 1. The van der Waals surface area contributed by atoms with E-state index in [-0.39, 0.29) is 35.9 Å². The van der Waals surface area contributed by atoms with Crippen molar-refractivity contribution >= 4 is 34.8 Å². The fourth-order valence-corrected chi connectivity index (χ4v) is 5.78. The lowest BCUT2D eigenvalue weighted by molar-refractivity contribution is -0.134. The number of hydrogen-bond acceptors (Lipinski definition) is 3. The van der Waals surface area contributed by atoms with Crippen LogP contribution in [0, 0.1) is 0 Å². The first-order valence-corrected chi connectivity index (χ1v) is 13.9. The average molecular weight is 523 g/mol. The number of hydrogen-bond donors (Lipinski definition) is 0. The summed E-state index contributed by atoms with van der Waals surface area (Å²) in [6.07, 6.45) is 1.60. The van der Waals surface area contributed by atoms with Crippen molar-refractivity contribution in [2.24, 2.45) is 0 Å². The van der Waals surface area contributed by atoms with Crippen LogP contribution < -0.4 is 0 Å². The highest BCUT2D eigenvalue weighted by atomic mass is 35.5. The Morgan fingerprint density at radius 2 is 1.75 bits per heavy atom. The van der Waals surface area contributed by atoms with Crippen LogP contribution in [-0.4, -0.2) is 40.7 Å². The highest BCUT2D eigenvalue weighted by Crippen LogP contribution is 2.38. The SMILES string of the molecule is CC[C@H](C)N(CC(=O)N1CCc2sccc2[C@H]1c1ccc(Cl)cc1)C(=O)c1ccc(C(C)(C)C)cc1. The van der Waals surface area contributed by atoms with Gasteiger partial charge in [-0.2, -0.15) is 0 Å². The lowest BCUT2D eigenvalue weighted by Crippen LogP contribution is -2.49.